The van der Waals surface area contributed by atoms with Crippen LogP contribution < -0.4 is 0 Å². The average Bonchev–Trinajstić information content (AvgIpc) is 1.75. The minimum Gasteiger partial charge on any atom is -0.198 e. The van der Waals surface area contributed by atoms with Crippen LogP contribution in [-0.2, 0) is 0 Å². The van der Waals surface area contributed by atoms with E-state index in [1.165, 1.54) is 0 Å². The van der Waals surface area contributed by atoms with Gasteiger partial charge in [0, 0.05) is 6.42 Å². The zero-order valence-electron chi connectivity index (χ0n) is 5.36. The molecule has 0 aliphatic heterocycles. The van der Waals surface area contributed by atoms with E-state index in [1.807, 2.05) is 26.8 Å². The van der Waals surface area contributed by atoms with Crippen LogP contribution in [0.4, 0.5) is 0 Å². The van der Waals surface area contributed by atoms with Gasteiger partial charge in [0.25, 0.3) is 0 Å². The van der Waals surface area contributed by atoms with Crippen molar-refractivity contribution in [2.24, 2.45) is 0 Å². The summed E-state index contributed by atoms with van der Waals surface area (Å²) >= 11 is 0. The fourth-order valence-electron chi connectivity index (χ4n) is 0.112. The zero-order chi connectivity index (χ0) is 6.12. The monoisotopic (exact) mass is 99.1 g/mol. The van der Waals surface area contributed by atoms with Crippen molar-refractivity contribution in [3.63, 3.8) is 0 Å². The van der Waals surface area contributed by atoms with E-state index in [1.54, 1.807) is 0 Å². The van der Waals surface area contributed by atoms with Gasteiger partial charge in [-0.15, -0.1) is 0 Å². The van der Waals surface area contributed by atoms with Crippen LogP contribution >= 0.6 is 0 Å². The molecule has 0 saturated heterocycles. The second-order valence-electron chi connectivity index (χ2n) is 0.908. The predicted molar refractivity (Wildman–Crippen MR) is 31.9 cm³/mol. The van der Waals surface area contributed by atoms with Crippen molar-refractivity contribution in [1.29, 1.82) is 5.26 Å². The van der Waals surface area contributed by atoms with Crippen LogP contribution in [0.25, 0.3) is 0 Å². The first-order valence-corrected chi connectivity index (χ1v) is 2.78. The Kier molecular flexibility index (Phi) is 24.7. The van der Waals surface area contributed by atoms with Crippen molar-refractivity contribution in [3.8, 4) is 6.07 Å². The maximum atomic E-state index is 7.82. The molecule has 42 valence electrons. The van der Waals surface area contributed by atoms with Gasteiger partial charge >= 0.3 is 0 Å². The molecule has 0 aromatic carbocycles. The van der Waals surface area contributed by atoms with Gasteiger partial charge in [0.15, 0.2) is 0 Å². The molecule has 0 spiro atoms. The van der Waals surface area contributed by atoms with Crippen molar-refractivity contribution < 1.29 is 0 Å². The first-order chi connectivity index (χ1) is 3.41. The fraction of sp³-hybridized carbons (Fsp3) is 0.833. The lowest BCUT2D eigenvalue weighted by Gasteiger charge is -1.65. The van der Waals surface area contributed by atoms with Gasteiger partial charge < -0.3 is 0 Å². The molecule has 0 bridgehead atoms. The highest BCUT2D eigenvalue weighted by Gasteiger charge is 1.65. The lowest BCUT2D eigenvalue weighted by Crippen LogP contribution is -1.53. The van der Waals surface area contributed by atoms with Gasteiger partial charge in [-0.2, -0.15) is 5.26 Å². The van der Waals surface area contributed by atoms with Gasteiger partial charge in [-0.05, 0) is 6.42 Å². The maximum Gasteiger partial charge on any atom is 0.0621 e. The fourth-order valence-corrected chi connectivity index (χ4v) is 0.112. The third kappa shape index (κ3) is 30.1. The number of rotatable bonds is 1. The SMILES string of the molecule is CC.CCCC#N. The molecule has 0 amide bonds. The molecule has 0 unspecified atom stereocenters. The lowest BCUT2D eigenvalue weighted by molar-refractivity contribution is 0.969. The van der Waals surface area contributed by atoms with E-state index in [0.29, 0.717) is 6.42 Å². The van der Waals surface area contributed by atoms with Gasteiger partial charge in [0.2, 0.25) is 0 Å². The highest BCUT2D eigenvalue weighted by atomic mass is 14.2. The van der Waals surface area contributed by atoms with Crippen molar-refractivity contribution in [3.05, 3.63) is 0 Å². The quantitative estimate of drug-likeness (QED) is 0.495. The summed E-state index contributed by atoms with van der Waals surface area (Å²) in [5, 5.41) is 7.82. The second kappa shape index (κ2) is 17.9. The Labute approximate surface area is 46.0 Å². The molecule has 0 fully saturated rings. The normalized spacial score (nSPS) is 5.43. The summed E-state index contributed by atoms with van der Waals surface area (Å²) in [6, 6.07) is 2.02. The number of unbranched alkanes of at least 4 members (excludes halogenated alkanes) is 1. The number of hydrogen-bond acceptors (Lipinski definition) is 1. The second-order valence-corrected chi connectivity index (χ2v) is 0.908. The van der Waals surface area contributed by atoms with Gasteiger partial charge in [0.1, 0.15) is 0 Å². The molecule has 0 aromatic heterocycles. The third-order valence-corrected chi connectivity index (χ3v) is 0.362. The minimum absolute atomic E-state index is 0.694. The van der Waals surface area contributed by atoms with Crippen molar-refractivity contribution >= 4 is 0 Å². The van der Waals surface area contributed by atoms with Crippen LogP contribution in [0, 0.1) is 11.3 Å². The molecule has 1 nitrogen and oxygen atoms in total. The Hall–Kier alpha value is -0.510. The molecule has 0 heterocycles. The predicted octanol–water partition coefficient (Wildman–Crippen LogP) is 2.34. The highest BCUT2D eigenvalue weighted by Crippen LogP contribution is 1.77. The molecule has 0 N–H and O–H groups in total. The molecule has 7 heavy (non-hydrogen) atoms. The first-order valence-electron chi connectivity index (χ1n) is 2.78. The molecule has 0 atom stereocenters. The standard InChI is InChI=1S/C4H7N.C2H6/c1-2-3-4-5;1-2/h2-3H2,1H3;1-2H3. The van der Waals surface area contributed by atoms with Gasteiger partial charge in [0.05, 0.1) is 6.07 Å². The Morgan fingerprint density at radius 3 is 1.86 bits per heavy atom. The topological polar surface area (TPSA) is 23.8 Å². The summed E-state index contributed by atoms with van der Waals surface area (Å²) in [4.78, 5) is 0. The largest absolute Gasteiger partial charge is 0.198 e. The first kappa shape index (κ1) is 9.70. The molecule has 1 heteroatoms. The van der Waals surface area contributed by atoms with Crippen LogP contribution in [0.15, 0.2) is 0 Å². The summed E-state index contributed by atoms with van der Waals surface area (Å²) in [7, 11) is 0. The van der Waals surface area contributed by atoms with Crippen molar-refractivity contribution in [2.45, 2.75) is 33.6 Å². The van der Waals surface area contributed by atoms with Crippen LogP contribution in [0.5, 0.6) is 0 Å². The number of nitriles is 1. The van der Waals surface area contributed by atoms with E-state index in [-0.39, 0.29) is 0 Å². The average molecular weight is 99.2 g/mol. The molecule has 0 aliphatic rings. The minimum atomic E-state index is 0.694. The summed E-state index contributed by atoms with van der Waals surface area (Å²) in [5.74, 6) is 0. The van der Waals surface area contributed by atoms with Crippen LogP contribution in [0.3, 0.4) is 0 Å². The smallest absolute Gasteiger partial charge is 0.0621 e. The summed E-state index contributed by atoms with van der Waals surface area (Å²) < 4.78 is 0. The number of nitrogens with zero attached hydrogens (tertiary/aromatic N) is 1. The van der Waals surface area contributed by atoms with E-state index in [0.717, 1.165) is 6.42 Å². The highest BCUT2D eigenvalue weighted by molar-refractivity contribution is 4.65. The molecule has 0 saturated carbocycles. The van der Waals surface area contributed by atoms with E-state index in [4.69, 9.17) is 5.26 Å². The van der Waals surface area contributed by atoms with Gasteiger partial charge in [-0.1, -0.05) is 20.8 Å². The van der Waals surface area contributed by atoms with Crippen molar-refractivity contribution in [1.82, 2.24) is 0 Å². The molecule has 0 rings (SSSR count). The molecule has 0 aliphatic carbocycles. The summed E-state index contributed by atoms with van der Waals surface area (Å²) in [6.07, 6.45) is 1.68. The van der Waals surface area contributed by atoms with Gasteiger partial charge in [-0.25, -0.2) is 0 Å². The summed E-state index contributed by atoms with van der Waals surface area (Å²) in [5.41, 5.74) is 0. The van der Waals surface area contributed by atoms with E-state index >= 15 is 0 Å². The lowest BCUT2D eigenvalue weighted by atomic mass is 10.4. The Bertz CT molecular complexity index is 42.6. The van der Waals surface area contributed by atoms with Crippen LogP contribution in [-0.4, -0.2) is 0 Å². The maximum absolute atomic E-state index is 7.82. The molecular formula is C6H13N. The third-order valence-electron chi connectivity index (χ3n) is 0.362. The summed E-state index contributed by atoms with van der Waals surface area (Å²) in [6.45, 7) is 5.99. The Balaban J connectivity index is 0. The molecule has 0 aromatic rings. The van der Waals surface area contributed by atoms with Gasteiger partial charge in [-0.3, -0.25) is 0 Å². The number of hydrogen-bond donors (Lipinski definition) is 0. The Morgan fingerprint density at radius 1 is 1.43 bits per heavy atom. The van der Waals surface area contributed by atoms with Crippen LogP contribution in [0.1, 0.15) is 33.6 Å². The van der Waals surface area contributed by atoms with Crippen molar-refractivity contribution in [2.75, 3.05) is 0 Å². The van der Waals surface area contributed by atoms with E-state index in [9.17, 15) is 0 Å². The van der Waals surface area contributed by atoms with Crippen LogP contribution in [0.2, 0.25) is 0 Å². The molecule has 0 radical (unpaired) electrons. The van der Waals surface area contributed by atoms with E-state index < -0.39 is 0 Å². The zero-order valence-corrected chi connectivity index (χ0v) is 5.36. The van der Waals surface area contributed by atoms with E-state index in [2.05, 4.69) is 0 Å². The Morgan fingerprint density at radius 2 is 1.86 bits per heavy atom. The molecular weight excluding hydrogens is 86.1 g/mol.